The summed E-state index contributed by atoms with van der Waals surface area (Å²) in [6.45, 7) is 3.47. The summed E-state index contributed by atoms with van der Waals surface area (Å²) in [4.78, 5) is 32.8. The van der Waals surface area contributed by atoms with E-state index in [1.165, 1.54) is 0 Å². The van der Waals surface area contributed by atoms with Crippen LogP contribution in [0.15, 0.2) is 92.4 Å². The molecule has 0 aromatic carbocycles. The van der Waals surface area contributed by atoms with E-state index >= 15 is 0 Å². The fourth-order valence-electron chi connectivity index (χ4n) is 7.56. The molecule has 10 heterocycles. The van der Waals surface area contributed by atoms with Crippen molar-refractivity contribution >= 4 is 51.7 Å². The minimum Gasteiger partial charge on any atom is -0.356 e. The summed E-state index contributed by atoms with van der Waals surface area (Å²) in [7, 11) is 1.89. The number of hydrogen-bond acceptors (Lipinski definition) is 14. The van der Waals surface area contributed by atoms with Gasteiger partial charge in [0.2, 0.25) is 0 Å². The van der Waals surface area contributed by atoms with E-state index in [1.807, 2.05) is 101 Å². The number of piperidine rings is 1. The van der Waals surface area contributed by atoms with Crippen molar-refractivity contribution in [2.24, 2.45) is 12.8 Å². The van der Waals surface area contributed by atoms with Crippen LogP contribution in [-0.2, 0) is 13.6 Å². The van der Waals surface area contributed by atoms with Crippen LogP contribution in [0.25, 0.3) is 33.8 Å². The lowest BCUT2D eigenvalue weighted by Crippen LogP contribution is -2.40. The molecule has 10 rings (SSSR count). The normalized spacial score (nSPS) is 15.0. The molecule has 2 aliphatic rings. The third kappa shape index (κ3) is 6.75. The number of aryl methyl sites for hydroxylation is 1. The molecule has 2 saturated heterocycles. The number of rotatable bonds is 10. The highest BCUT2D eigenvalue weighted by Crippen LogP contribution is 2.30. The van der Waals surface area contributed by atoms with Crippen molar-refractivity contribution in [1.29, 1.82) is 5.41 Å². The van der Waals surface area contributed by atoms with Gasteiger partial charge in [-0.3, -0.25) is 18.2 Å². The third-order valence-electron chi connectivity index (χ3n) is 10.5. The molecule has 0 bridgehead atoms. The topological polar surface area (TPSA) is 202 Å². The Labute approximate surface area is 326 Å². The Morgan fingerprint density at radius 2 is 1.42 bits per heavy atom. The van der Waals surface area contributed by atoms with Crippen LogP contribution in [0.5, 0.6) is 0 Å². The van der Waals surface area contributed by atoms with Crippen molar-refractivity contribution in [3.05, 3.63) is 98.1 Å². The molecule has 57 heavy (non-hydrogen) atoms. The minimum absolute atomic E-state index is 0.252. The molecule has 18 nitrogen and oxygen atoms in total. The van der Waals surface area contributed by atoms with Gasteiger partial charge in [-0.25, -0.2) is 29.9 Å². The first-order valence-corrected chi connectivity index (χ1v) is 18.9. The smallest absolute Gasteiger partial charge is 0.180 e. The Morgan fingerprint density at radius 1 is 0.737 bits per heavy atom. The van der Waals surface area contributed by atoms with Gasteiger partial charge >= 0.3 is 0 Å². The zero-order valence-electron chi connectivity index (χ0n) is 31.2. The van der Waals surface area contributed by atoms with Crippen molar-refractivity contribution < 1.29 is 0 Å². The van der Waals surface area contributed by atoms with Gasteiger partial charge in [0.25, 0.3) is 0 Å². The summed E-state index contributed by atoms with van der Waals surface area (Å²) in [5.41, 5.74) is 14.3. The van der Waals surface area contributed by atoms with E-state index in [1.54, 1.807) is 17.1 Å². The maximum absolute atomic E-state index is 8.26. The monoisotopic (exact) mass is 760 g/mol. The molecule has 8 aromatic rings. The van der Waals surface area contributed by atoms with Gasteiger partial charge in [0.05, 0.1) is 55.0 Å². The lowest BCUT2D eigenvalue weighted by molar-refractivity contribution is 0.499. The second kappa shape index (κ2) is 14.1. The summed E-state index contributed by atoms with van der Waals surface area (Å²) in [5.74, 6) is 2.95. The van der Waals surface area contributed by atoms with Gasteiger partial charge in [0, 0.05) is 123 Å². The van der Waals surface area contributed by atoms with Crippen LogP contribution in [0.1, 0.15) is 25.0 Å². The van der Waals surface area contributed by atoms with E-state index in [0.717, 1.165) is 83.7 Å². The van der Waals surface area contributed by atoms with Gasteiger partial charge in [0.1, 0.15) is 11.6 Å². The number of nitrogens with zero attached hydrogens (tertiary/aromatic N) is 14. The molecule has 0 saturated carbocycles. The molecule has 0 spiro atoms. The van der Waals surface area contributed by atoms with Crippen LogP contribution in [0.3, 0.4) is 0 Å². The molecule has 286 valence electrons. The van der Waals surface area contributed by atoms with Crippen molar-refractivity contribution in [1.82, 2.24) is 58.3 Å². The highest BCUT2D eigenvalue weighted by Gasteiger charge is 2.21. The van der Waals surface area contributed by atoms with Crippen molar-refractivity contribution in [3.8, 4) is 22.5 Å². The van der Waals surface area contributed by atoms with Gasteiger partial charge in [0.15, 0.2) is 22.9 Å². The summed E-state index contributed by atoms with van der Waals surface area (Å²) < 4.78 is 7.65. The Hall–Kier alpha value is -7.21. The summed E-state index contributed by atoms with van der Waals surface area (Å²) in [5, 5.41) is 24.3. The van der Waals surface area contributed by atoms with Crippen LogP contribution in [0, 0.1) is 5.41 Å². The van der Waals surface area contributed by atoms with Crippen LogP contribution in [-0.4, -0.2) is 96.2 Å². The molecule has 18 heteroatoms. The number of fused-ring (bicyclic) bond motifs is 2. The van der Waals surface area contributed by atoms with Crippen LogP contribution in [0.4, 0.5) is 34.6 Å². The zero-order chi connectivity index (χ0) is 38.5. The molecular formula is C39H40N18. The van der Waals surface area contributed by atoms with Crippen LogP contribution >= 0.6 is 0 Å². The maximum atomic E-state index is 8.26. The molecular weight excluding hydrogens is 721 g/mol. The first-order chi connectivity index (χ1) is 27.9. The standard InChI is InChI=1S/C39H40N18/c1-52-21-25(17-47-52)32-19-45-39-37(44-8-12-56(32)39)51-30-14-31(49-35(16-30)54-11-5-28(41)23-54)24-55-22-26(18-48-55)33-20-46-38-36(43-7-13-57(33)38)50-29-2-6-42-34(15-29)53-9-3-27(40)4-10-53/h2,6-8,12-22,27,41H,3-5,9-11,23-24,40H2,1H3,(H,42,43,50)(H,44,49,51). The average molecular weight is 761 g/mol. The number of imidazole rings is 2. The molecule has 0 atom stereocenters. The van der Waals surface area contributed by atoms with Gasteiger partial charge in [-0.2, -0.15) is 10.2 Å². The molecule has 0 unspecified atom stereocenters. The predicted octanol–water partition coefficient (Wildman–Crippen LogP) is 4.52. The quantitative estimate of drug-likeness (QED) is 0.152. The lowest BCUT2D eigenvalue weighted by atomic mass is 10.1. The highest BCUT2D eigenvalue weighted by molar-refractivity contribution is 5.89. The van der Waals surface area contributed by atoms with Gasteiger partial charge < -0.3 is 31.6 Å². The lowest BCUT2D eigenvalue weighted by Gasteiger charge is -2.31. The van der Waals surface area contributed by atoms with Gasteiger partial charge in [-0.15, -0.1) is 0 Å². The molecule has 5 N–H and O–H groups in total. The number of nitrogens with one attached hydrogen (secondary N) is 3. The first kappa shape index (κ1) is 34.3. The molecule has 0 radical (unpaired) electrons. The largest absolute Gasteiger partial charge is 0.356 e. The van der Waals surface area contributed by atoms with Crippen molar-refractivity contribution in [3.63, 3.8) is 0 Å². The SMILES string of the molecule is Cn1cc(-c2cnc3c(Nc4cc(Cn5cc(-c6cnc7c(Nc8ccnc(N9CCC(N)CC9)c8)nccn67)cn5)nc(N5CCC(=N)C5)c4)nccn23)cn1. The fourth-order valence-corrected chi connectivity index (χ4v) is 7.56. The van der Waals surface area contributed by atoms with E-state index < -0.39 is 0 Å². The summed E-state index contributed by atoms with van der Waals surface area (Å²) in [6, 6.07) is 8.24. The number of aromatic nitrogens is 12. The first-order valence-electron chi connectivity index (χ1n) is 18.9. The summed E-state index contributed by atoms with van der Waals surface area (Å²) >= 11 is 0. The second-order valence-electron chi connectivity index (χ2n) is 14.5. The van der Waals surface area contributed by atoms with E-state index in [9.17, 15) is 0 Å². The number of pyridine rings is 2. The zero-order valence-corrected chi connectivity index (χ0v) is 31.2. The molecule has 2 aliphatic heterocycles. The maximum Gasteiger partial charge on any atom is 0.180 e. The third-order valence-corrected chi connectivity index (χ3v) is 10.5. The Balaban J connectivity index is 0.910. The second-order valence-corrected chi connectivity index (χ2v) is 14.5. The minimum atomic E-state index is 0.252. The van der Waals surface area contributed by atoms with Crippen molar-refractivity contribution in [2.75, 3.05) is 46.6 Å². The fraction of sp³-hybridized carbons (Fsp3) is 0.256. The number of nitrogens with two attached hydrogens (primary N) is 1. The number of hydrogen-bond donors (Lipinski definition) is 4. The predicted molar refractivity (Wildman–Crippen MR) is 218 cm³/mol. The van der Waals surface area contributed by atoms with Gasteiger partial charge in [-0.05, 0) is 25.0 Å². The van der Waals surface area contributed by atoms with E-state index in [4.69, 9.17) is 31.2 Å². The summed E-state index contributed by atoms with van der Waals surface area (Å²) in [6.07, 6.45) is 23.0. The number of anilines is 6. The molecule has 0 aliphatic carbocycles. The van der Waals surface area contributed by atoms with Crippen LogP contribution in [0.2, 0.25) is 0 Å². The Bertz CT molecular complexity index is 2750. The molecule has 0 amide bonds. The molecule has 8 aromatic heterocycles. The van der Waals surface area contributed by atoms with E-state index in [-0.39, 0.29) is 6.04 Å². The van der Waals surface area contributed by atoms with E-state index in [2.05, 4.69) is 40.5 Å². The van der Waals surface area contributed by atoms with Crippen molar-refractivity contribution in [2.45, 2.75) is 31.8 Å². The Kier molecular flexibility index (Phi) is 8.50. The Morgan fingerprint density at radius 3 is 2.11 bits per heavy atom. The van der Waals surface area contributed by atoms with Crippen LogP contribution < -0.4 is 26.2 Å². The highest BCUT2D eigenvalue weighted by atomic mass is 15.3. The average Bonchev–Trinajstić information content (AvgIpc) is 4.07. The van der Waals surface area contributed by atoms with E-state index in [0.29, 0.717) is 48.2 Å². The molecule has 2 fully saturated rings. The van der Waals surface area contributed by atoms with Gasteiger partial charge in [-0.1, -0.05) is 0 Å².